The van der Waals surface area contributed by atoms with E-state index in [2.05, 4.69) is 28.9 Å². The van der Waals surface area contributed by atoms with Crippen molar-refractivity contribution in [2.75, 3.05) is 23.3 Å². The van der Waals surface area contributed by atoms with E-state index in [9.17, 15) is 4.79 Å². The zero-order chi connectivity index (χ0) is 14.5. The largest absolute Gasteiger partial charge is 0.372 e. The molecular weight excluding hydrogens is 250 g/mol. The van der Waals surface area contributed by atoms with Crippen molar-refractivity contribution in [3.05, 3.63) is 36.4 Å². The van der Waals surface area contributed by atoms with Crippen molar-refractivity contribution in [1.82, 2.24) is 0 Å². The van der Waals surface area contributed by atoms with Crippen LogP contribution in [0, 0.1) is 6.92 Å². The minimum atomic E-state index is -0.537. The van der Waals surface area contributed by atoms with Crippen molar-refractivity contribution in [3.8, 4) is 0 Å². The number of carbonyl (C=O) groups excluding carboxylic acids is 1. The Balaban J connectivity index is 2.05. The average molecular weight is 273 g/mol. The fourth-order valence-electron chi connectivity index (χ4n) is 2.47. The van der Waals surface area contributed by atoms with Crippen LogP contribution < -0.4 is 16.0 Å². The van der Waals surface area contributed by atoms with E-state index in [1.165, 1.54) is 18.5 Å². The summed E-state index contributed by atoms with van der Waals surface area (Å²) in [6, 6.07) is 5.61. The highest BCUT2D eigenvalue weighted by Gasteiger charge is 2.15. The number of carbonyl (C=O) groups is 1. The monoisotopic (exact) mass is 273 g/mol. The SMILES string of the molecule is C=CCC(N)C(=O)Nc1ccc(N2CCCC2)cc1C. The molecule has 0 radical (unpaired) electrons. The van der Waals surface area contributed by atoms with E-state index < -0.39 is 6.04 Å². The third-order valence-electron chi connectivity index (χ3n) is 3.70. The summed E-state index contributed by atoms with van der Waals surface area (Å²) in [5.41, 5.74) is 8.89. The van der Waals surface area contributed by atoms with Gasteiger partial charge in [-0.25, -0.2) is 0 Å². The Bertz CT molecular complexity index is 492. The molecule has 3 N–H and O–H groups in total. The Morgan fingerprint density at radius 3 is 2.80 bits per heavy atom. The van der Waals surface area contributed by atoms with Crippen LogP contribution in [0.4, 0.5) is 11.4 Å². The van der Waals surface area contributed by atoms with E-state index in [0.29, 0.717) is 6.42 Å². The van der Waals surface area contributed by atoms with Crippen LogP contribution in [0.5, 0.6) is 0 Å². The third kappa shape index (κ3) is 3.39. The molecule has 1 amide bonds. The molecular formula is C16H23N3O. The lowest BCUT2D eigenvalue weighted by Gasteiger charge is -2.20. The molecule has 1 aliphatic heterocycles. The summed E-state index contributed by atoms with van der Waals surface area (Å²) in [5.74, 6) is -0.165. The van der Waals surface area contributed by atoms with Crippen LogP contribution in [0.15, 0.2) is 30.9 Å². The van der Waals surface area contributed by atoms with Gasteiger partial charge in [-0.3, -0.25) is 4.79 Å². The molecule has 108 valence electrons. The lowest BCUT2D eigenvalue weighted by Crippen LogP contribution is -2.35. The summed E-state index contributed by atoms with van der Waals surface area (Å²) >= 11 is 0. The molecule has 1 fully saturated rings. The molecule has 1 aromatic carbocycles. The zero-order valence-corrected chi connectivity index (χ0v) is 12.1. The number of aryl methyl sites for hydroxylation is 1. The number of rotatable bonds is 5. The van der Waals surface area contributed by atoms with Crippen LogP contribution in [-0.4, -0.2) is 25.0 Å². The van der Waals surface area contributed by atoms with Gasteiger partial charge in [-0.05, 0) is 49.9 Å². The Kier molecular flexibility index (Phi) is 4.79. The minimum Gasteiger partial charge on any atom is -0.372 e. The van der Waals surface area contributed by atoms with Gasteiger partial charge in [0.05, 0.1) is 6.04 Å². The van der Waals surface area contributed by atoms with Crippen molar-refractivity contribution in [3.63, 3.8) is 0 Å². The molecule has 2 rings (SSSR count). The first-order chi connectivity index (χ1) is 9.61. The molecule has 1 atom stereocenters. The maximum Gasteiger partial charge on any atom is 0.241 e. The second-order valence-corrected chi connectivity index (χ2v) is 5.31. The maximum atomic E-state index is 11.9. The first kappa shape index (κ1) is 14.6. The molecule has 1 saturated heterocycles. The number of nitrogens with one attached hydrogen (secondary N) is 1. The molecule has 0 aliphatic carbocycles. The van der Waals surface area contributed by atoms with Crippen LogP contribution in [0.1, 0.15) is 24.8 Å². The normalized spacial score (nSPS) is 16.0. The lowest BCUT2D eigenvalue weighted by molar-refractivity contribution is -0.117. The standard InChI is InChI=1S/C16H23N3O/c1-3-6-14(17)16(20)18-15-8-7-13(11-12(15)2)19-9-4-5-10-19/h3,7-8,11,14H,1,4-6,9-10,17H2,2H3,(H,18,20). The first-order valence-corrected chi connectivity index (χ1v) is 7.14. The van der Waals surface area contributed by atoms with E-state index >= 15 is 0 Å². The molecule has 0 bridgehead atoms. The van der Waals surface area contributed by atoms with Gasteiger partial charge in [0.15, 0.2) is 0 Å². The molecule has 1 aromatic rings. The molecule has 1 unspecified atom stereocenters. The molecule has 0 saturated carbocycles. The summed E-state index contributed by atoms with van der Waals surface area (Å²) < 4.78 is 0. The molecule has 0 aromatic heterocycles. The number of nitrogens with zero attached hydrogens (tertiary/aromatic N) is 1. The molecule has 1 heterocycles. The highest BCUT2D eigenvalue weighted by atomic mass is 16.2. The predicted molar refractivity (Wildman–Crippen MR) is 84.0 cm³/mol. The first-order valence-electron chi connectivity index (χ1n) is 7.14. The smallest absolute Gasteiger partial charge is 0.241 e. The van der Waals surface area contributed by atoms with Crippen LogP contribution in [0.3, 0.4) is 0 Å². The van der Waals surface area contributed by atoms with Crippen LogP contribution >= 0.6 is 0 Å². The van der Waals surface area contributed by atoms with E-state index in [1.54, 1.807) is 6.08 Å². The molecule has 1 aliphatic rings. The second kappa shape index (κ2) is 6.57. The summed E-state index contributed by atoms with van der Waals surface area (Å²) in [6.45, 7) is 7.85. The summed E-state index contributed by atoms with van der Waals surface area (Å²) in [7, 11) is 0. The van der Waals surface area contributed by atoms with Crippen molar-refractivity contribution in [2.24, 2.45) is 5.73 Å². The number of hydrogen-bond donors (Lipinski definition) is 2. The highest BCUT2D eigenvalue weighted by molar-refractivity contribution is 5.95. The van der Waals surface area contributed by atoms with Gasteiger partial charge < -0.3 is 16.0 Å². The number of amides is 1. The fourth-order valence-corrected chi connectivity index (χ4v) is 2.47. The van der Waals surface area contributed by atoms with Crippen molar-refractivity contribution in [2.45, 2.75) is 32.2 Å². The van der Waals surface area contributed by atoms with Gasteiger partial charge in [-0.2, -0.15) is 0 Å². The Hall–Kier alpha value is -1.81. The number of nitrogens with two attached hydrogens (primary N) is 1. The quantitative estimate of drug-likeness (QED) is 0.810. The van der Waals surface area contributed by atoms with E-state index in [1.807, 2.05) is 13.0 Å². The summed E-state index contributed by atoms with van der Waals surface area (Å²) in [6.07, 6.45) is 4.66. The van der Waals surface area contributed by atoms with Crippen molar-refractivity contribution >= 4 is 17.3 Å². The summed E-state index contributed by atoms with van der Waals surface area (Å²) in [5, 5.41) is 2.88. The van der Waals surface area contributed by atoms with Crippen LogP contribution in [0.2, 0.25) is 0 Å². The van der Waals surface area contributed by atoms with Gasteiger partial charge >= 0.3 is 0 Å². The van der Waals surface area contributed by atoms with Crippen molar-refractivity contribution < 1.29 is 4.79 Å². The Morgan fingerprint density at radius 1 is 1.50 bits per heavy atom. The second-order valence-electron chi connectivity index (χ2n) is 5.31. The number of hydrogen-bond acceptors (Lipinski definition) is 3. The zero-order valence-electron chi connectivity index (χ0n) is 12.1. The highest BCUT2D eigenvalue weighted by Crippen LogP contribution is 2.25. The van der Waals surface area contributed by atoms with Crippen molar-refractivity contribution in [1.29, 1.82) is 0 Å². The van der Waals surface area contributed by atoms with Gasteiger partial charge in [0.25, 0.3) is 0 Å². The minimum absolute atomic E-state index is 0.165. The van der Waals surface area contributed by atoms with Gasteiger partial charge in [-0.15, -0.1) is 6.58 Å². The fraction of sp³-hybridized carbons (Fsp3) is 0.438. The van der Waals surface area contributed by atoms with Crippen LogP contribution in [0.25, 0.3) is 0 Å². The molecule has 20 heavy (non-hydrogen) atoms. The predicted octanol–water partition coefficient (Wildman–Crippen LogP) is 2.44. The van der Waals surface area contributed by atoms with E-state index in [4.69, 9.17) is 5.73 Å². The Labute approximate surface area is 120 Å². The average Bonchev–Trinajstić information content (AvgIpc) is 2.95. The van der Waals surface area contributed by atoms with Crippen LogP contribution in [-0.2, 0) is 4.79 Å². The molecule has 4 nitrogen and oxygen atoms in total. The van der Waals surface area contributed by atoms with Gasteiger partial charge in [0, 0.05) is 24.5 Å². The maximum absolute atomic E-state index is 11.9. The lowest BCUT2D eigenvalue weighted by atomic mass is 10.1. The molecule has 4 heteroatoms. The number of benzene rings is 1. The molecule has 0 spiro atoms. The van der Waals surface area contributed by atoms with Gasteiger partial charge in [0.1, 0.15) is 0 Å². The van der Waals surface area contributed by atoms with E-state index in [0.717, 1.165) is 24.3 Å². The third-order valence-corrected chi connectivity index (χ3v) is 3.70. The topological polar surface area (TPSA) is 58.4 Å². The van der Waals surface area contributed by atoms with Gasteiger partial charge in [-0.1, -0.05) is 6.08 Å². The summed E-state index contributed by atoms with van der Waals surface area (Å²) in [4.78, 5) is 14.3. The van der Waals surface area contributed by atoms with E-state index in [-0.39, 0.29) is 5.91 Å². The van der Waals surface area contributed by atoms with Gasteiger partial charge in [0.2, 0.25) is 5.91 Å². The number of anilines is 2. The Morgan fingerprint density at radius 2 is 2.20 bits per heavy atom.